The predicted octanol–water partition coefficient (Wildman–Crippen LogP) is 5.79. The lowest BCUT2D eigenvalue weighted by Gasteiger charge is -2.18. The first kappa shape index (κ1) is 21.7. The second-order valence-corrected chi connectivity index (χ2v) is 9.31. The van der Waals surface area contributed by atoms with Gasteiger partial charge in [0.2, 0.25) is 11.7 Å². The number of aryl methyl sites for hydroxylation is 1. The number of anilines is 1. The molecule has 1 aromatic heterocycles. The number of hydrogen-bond donors (Lipinski definition) is 1. The standard InChI is InChI=1S/C28H21N3O2S/c1-18-9-5-6-10-19(18)15-25-27(33)31(20-11-3-2-4-12-20)28(34-25)22(16-29)26(32)23-17-30-24-14-8-7-13-21(23)24/h2-14,17,25,30H,15H2,1H3. The molecular weight excluding hydrogens is 442 g/mol. The summed E-state index contributed by atoms with van der Waals surface area (Å²) in [5, 5.41) is 10.8. The number of ketones is 1. The van der Waals surface area contributed by atoms with E-state index in [0.717, 1.165) is 22.0 Å². The molecule has 6 heteroatoms. The van der Waals surface area contributed by atoms with E-state index in [0.29, 0.717) is 22.7 Å². The SMILES string of the molecule is Cc1ccccc1CC1SC(=C(C#N)C(=O)c2c[nH]c3ccccc23)N(c2ccccc2)C1=O. The molecule has 1 saturated heterocycles. The fourth-order valence-corrected chi connectivity index (χ4v) is 5.53. The summed E-state index contributed by atoms with van der Waals surface area (Å²) in [5.74, 6) is -0.526. The molecule has 1 N–H and O–H groups in total. The number of Topliss-reactive ketones (excluding diaryl/α,β-unsaturated/α-hetero) is 1. The van der Waals surface area contributed by atoms with E-state index in [4.69, 9.17) is 0 Å². The van der Waals surface area contributed by atoms with Gasteiger partial charge in [0.15, 0.2) is 0 Å². The number of amides is 1. The Balaban J connectivity index is 1.61. The minimum absolute atomic E-state index is 0.0285. The highest BCUT2D eigenvalue weighted by molar-refractivity contribution is 8.05. The molecule has 1 aliphatic heterocycles. The van der Waals surface area contributed by atoms with Crippen molar-refractivity contribution < 1.29 is 9.59 Å². The van der Waals surface area contributed by atoms with E-state index in [2.05, 4.69) is 11.1 Å². The lowest BCUT2D eigenvalue weighted by atomic mass is 10.0. The van der Waals surface area contributed by atoms with Gasteiger partial charge in [0.25, 0.3) is 0 Å². The summed E-state index contributed by atoms with van der Waals surface area (Å²) >= 11 is 1.29. The van der Waals surface area contributed by atoms with Gasteiger partial charge in [-0.2, -0.15) is 5.26 Å². The third kappa shape index (κ3) is 3.81. The van der Waals surface area contributed by atoms with Crippen LogP contribution in [0.3, 0.4) is 0 Å². The van der Waals surface area contributed by atoms with Crippen LogP contribution in [-0.4, -0.2) is 21.9 Å². The lowest BCUT2D eigenvalue weighted by molar-refractivity contribution is -0.117. The number of thioether (sulfide) groups is 1. The van der Waals surface area contributed by atoms with Crippen molar-refractivity contribution in [1.82, 2.24) is 4.98 Å². The first-order valence-corrected chi connectivity index (χ1v) is 11.8. The van der Waals surface area contributed by atoms with Crippen molar-refractivity contribution in [3.05, 3.63) is 112 Å². The summed E-state index contributed by atoms with van der Waals surface area (Å²) < 4.78 is 0. The van der Waals surface area contributed by atoms with E-state index < -0.39 is 11.0 Å². The number of H-pyrrole nitrogens is 1. The highest BCUT2D eigenvalue weighted by atomic mass is 32.2. The highest BCUT2D eigenvalue weighted by Gasteiger charge is 2.41. The van der Waals surface area contributed by atoms with Crippen molar-refractivity contribution in [2.24, 2.45) is 0 Å². The molecule has 5 nitrogen and oxygen atoms in total. The quantitative estimate of drug-likeness (QED) is 0.231. The van der Waals surface area contributed by atoms with E-state index >= 15 is 0 Å². The van der Waals surface area contributed by atoms with Crippen molar-refractivity contribution in [3.8, 4) is 6.07 Å². The van der Waals surface area contributed by atoms with Crippen LogP contribution in [0, 0.1) is 18.3 Å². The van der Waals surface area contributed by atoms with Crippen LogP contribution < -0.4 is 4.90 Å². The molecule has 3 aromatic carbocycles. The van der Waals surface area contributed by atoms with Crippen molar-refractivity contribution in [1.29, 1.82) is 5.26 Å². The van der Waals surface area contributed by atoms with Crippen LogP contribution in [0.1, 0.15) is 21.5 Å². The summed E-state index contributed by atoms with van der Waals surface area (Å²) in [6.45, 7) is 2.02. The Hall–Kier alpha value is -4.08. The fourth-order valence-electron chi connectivity index (χ4n) is 4.23. The molecule has 1 fully saturated rings. The Morgan fingerprint density at radius 2 is 1.74 bits per heavy atom. The van der Waals surface area contributed by atoms with E-state index in [1.165, 1.54) is 16.7 Å². The maximum absolute atomic E-state index is 13.6. The topological polar surface area (TPSA) is 77.0 Å². The smallest absolute Gasteiger partial charge is 0.245 e. The van der Waals surface area contributed by atoms with Gasteiger partial charge in [0.05, 0.1) is 5.25 Å². The number of aromatic nitrogens is 1. The minimum Gasteiger partial charge on any atom is -0.360 e. The minimum atomic E-state index is -0.435. The second-order valence-electron chi connectivity index (χ2n) is 8.12. The van der Waals surface area contributed by atoms with Crippen LogP contribution in [0.5, 0.6) is 0 Å². The number of carbonyl (C=O) groups is 2. The number of hydrogen-bond acceptors (Lipinski definition) is 4. The lowest BCUT2D eigenvalue weighted by Crippen LogP contribution is -2.30. The summed E-state index contributed by atoms with van der Waals surface area (Å²) in [5.41, 5.74) is 4.03. The number of benzene rings is 3. The average Bonchev–Trinajstić information content (AvgIpc) is 3.43. The van der Waals surface area contributed by atoms with Gasteiger partial charge in [-0.3, -0.25) is 14.5 Å². The number of nitrogens with one attached hydrogen (secondary N) is 1. The zero-order chi connectivity index (χ0) is 23.7. The molecule has 0 spiro atoms. The van der Waals surface area contributed by atoms with Crippen LogP contribution in [-0.2, 0) is 11.2 Å². The van der Waals surface area contributed by atoms with E-state index in [9.17, 15) is 14.9 Å². The largest absolute Gasteiger partial charge is 0.360 e. The molecule has 1 aliphatic rings. The number of para-hydroxylation sites is 2. The van der Waals surface area contributed by atoms with E-state index in [-0.39, 0.29) is 11.5 Å². The maximum Gasteiger partial charge on any atom is 0.245 e. The highest BCUT2D eigenvalue weighted by Crippen LogP contribution is 2.42. The molecule has 5 rings (SSSR count). The molecule has 34 heavy (non-hydrogen) atoms. The number of aromatic amines is 1. The molecular formula is C28H21N3O2S. The van der Waals surface area contributed by atoms with Crippen molar-refractivity contribution in [2.75, 3.05) is 4.90 Å². The molecule has 1 amide bonds. The normalized spacial score (nSPS) is 17.1. The Bertz CT molecular complexity index is 1480. The van der Waals surface area contributed by atoms with Gasteiger partial charge >= 0.3 is 0 Å². The predicted molar refractivity (Wildman–Crippen MR) is 135 cm³/mol. The molecule has 0 bridgehead atoms. The van der Waals surface area contributed by atoms with Crippen LogP contribution in [0.25, 0.3) is 10.9 Å². The summed E-state index contributed by atoms with van der Waals surface area (Å²) in [6.07, 6.45) is 2.15. The zero-order valence-electron chi connectivity index (χ0n) is 18.5. The summed E-state index contributed by atoms with van der Waals surface area (Å²) in [7, 11) is 0. The average molecular weight is 464 g/mol. The number of rotatable bonds is 5. The number of allylic oxidation sites excluding steroid dienone is 1. The third-order valence-corrected chi connectivity index (χ3v) is 7.28. The maximum atomic E-state index is 13.6. The fraction of sp³-hybridized carbons (Fsp3) is 0.107. The molecule has 1 unspecified atom stereocenters. The van der Waals surface area contributed by atoms with Gasteiger partial charge in [0.1, 0.15) is 16.7 Å². The van der Waals surface area contributed by atoms with Gasteiger partial charge in [0, 0.05) is 28.4 Å². The second kappa shape index (κ2) is 9.05. The monoisotopic (exact) mass is 463 g/mol. The first-order valence-electron chi connectivity index (χ1n) is 10.9. The number of fused-ring (bicyclic) bond motifs is 1. The Morgan fingerprint density at radius 3 is 2.50 bits per heavy atom. The van der Waals surface area contributed by atoms with E-state index in [1.807, 2.05) is 85.8 Å². The van der Waals surface area contributed by atoms with Crippen molar-refractivity contribution in [3.63, 3.8) is 0 Å². The molecule has 2 heterocycles. The number of nitrogens with zero attached hydrogens (tertiary/aromatic N) is 2. The molecule has 0 aliphatic carbocycles. The molecule has 0 radical (unpaired) electrons. The van der Waals surface area contributed by atoms with Crippen LogP contribution in [0.4, 0.5) is 5.69 Å². The first-order chi connectivity index (χ1) is 16.6. The molecule has 1 atom stereocenters. The van der Waals surface area contributed by atoms with Crippen molar-refractivity contribution in [2.45, 2.75) is 18.6 Å². The van der Waals surface area contributed by atoms with E-state index in [1.54, 1.807) is 6.20 Å². The molecule has 0 saturated carbocycles. The third-order valence-electron chi connectivity index (χ3n) is 6.02. The number of carbonyl (C=O) groups excluding carboxylic acids is 2. The van der Waals surface area contributed by atoms with Crippen molar-refractivity contribution >= 4 is 40.0 Å². The zero-order valence-corrected chi connectivity index (χ0v) is 19.3. The Kier molecular flexibility index (Phi) is 5.79. The van der Waals surface area contributed by atoms with Crippen LogP contribution in [0.15, 0.2) is 95.7 Å². The van der Waals surface area contributed by atoms with Gasteiger partial charge in [-0.1, -0.05) is 72.4 Å². The van der Waals surface area contributed by atoms with Gasteiger partial charge in [-0.15, -0.1) is 0 Å². The number of nitriles is 1. The Labute approximate surface area is 201 Å². The van der Waals surface area contributed by atoms with Crippen LogP contribution >= 0.6 is 11.8 Å². The Morgan fingerprint density at radius 1 is 1.03 bits per heavy atom. The van der Waals surface area contributed by atoms with Crippen LogP contribution in [0.2, 0.25) is 0 Å². The van der Waals surface area contributed by atoms with Gasteiger partial charge in [-0.25, -0.2) is 0 Å². The molecule has 166 valence electrons. The van der Waals surface area contributed by atoms with Gasteiger partial charge < -0.3 is 4.98 Å². The summed E-state index contributed by atoms with van der Waals surface area (Å²) in [6, 6.07) is 26.7. The van der Waals surface area contributed by atoms with Gasteiger partial charge in [-0.05, 0) is 42.7 Å². The molecule has 4 aromatic rings. The summed E-state index contributed by atoms with van der Waals surface area (Å²) in [4.78, 5) is 31.8.